The molecule has 2 rings (SSSR count). The van der Waals surface area contributed by atoms with Gasteiger partial charge in [-0.15, -0.1) is 0 Å². The van der Waals surface area contributed by atoms with Crippen molar-refractivity contribution >= 4 is 6.29 Å². The predicted octanol–water partition coefficient (Wildman–Crippen LogP) is 2.16. The number of aryl methyl sites for hydroxylation is 2. The number of aldehydes is 1. The van der Waals surface area contributed by atoms with Gasteiger partial charge < -0.3 is 0 Å². The van der Waals surface area contributed by atoms with Crippen molar-refractivity contribution in [2.24, 2.45) is 0 Å². The van der Waals surface area contributed by atoms with E-state index in [9.17, 15) is 4.79 Å². The van der Waals surface area contributed by atoms with Crippen LogP contribution in [0.3, 0.4) is 0 Å². The molecule has 0 atom stereocenters. The minimum absolute atomic E-state index is 0.570. The van der Waals surface area contributed by atoms with Crippen LogP contribution < -0.4 is 0 Å². The molecule has 1 aromatic heterocycles. The largest absolute Gasteiger partial charge is 0.296 e. The Bertz CT molecular complexity index is 320. The Labute approximate surface area is 78.0 Å². The molecule has 0 unspecified atom stereocenters. The molecule has 0 amide bonds. The van der Waals surface area contributed by atoms with Gasteiger partial charge in [-0.25, -0.2) is 4.98 Å². The second-order valence-corrected chi connectivity index (χ2v) is 3.52. The summed E-state index contributed by atoms with van der Waals surface area (Å²) in [5.41, 5.74) is 3.05. The molecule has 2 heteroatoms. The molecular weight excluding hydrogens is 162 g/mol. The van der Waals surface area contributed by atoms with Crippen LogP contribution in [0.15, 0.2) is 12.1 Å². The van der Waals surface area contributed by atoms with E-state index in [1.54, 1.807) is 0 Å². The van der Waals surface area contributed by atoms with Crippen LogP contribution in [0.2, 0.25) is 0 Å². The van der Waals surface area contributed by atoms with E-state index in [1.165, 1.54) is 24.8 Å². The van der Waals surface area contributed by atoms with Crippen molar-refractivity contribution in [1.29, 1.82) is 0 Å². The highest BCUT2D eigenvalue weighted by atomic mass is 16.1. The molecule has 1 aliphatic rings. The topological polar surface area (TPSA) is 30.0 Å². The van der Waals surface area contributed by atoms with Crippen LogP contribution in [-0.2, 0) is 12.8 Å². The zero-order chi connectivity index (χ0) is 9.10. The number of aromatic nitrogens is 1. The van der Waals surface area contributed by atoms with Gasteiger partial charge in [0.05, 0.1) is 0 Å². The first kappa shape index (κ1) is 8.42. The van der Waals surface area contributed by atoms with Gasteiger partial charge >= 0.3 is 0 Å². The molecular formula is C11H13NO. The highest BCUT2D eigenvalue weighted by molar-refractivity contribution is 5.71. The van der Waals surface area contributed by atoms with Crippen molar-refractivity contribution < 1.29 is 4.79 Å². The van der Waals surface area contributed by atoms with Crippen molar-refractivity contribution in [3.63, 3.8) is 0 Å². The third kappa shape index (κ3) is 1.77. The maximum atomic E-state index is 10.5. The van der Waals surface area contributed by atoms with E-state index >= 15 is 0 Å². The summed E-state index contributed by atoms with van der Waals surface area (Å²) in [7, 11) is 0. The first-order valence-electron chi connectivity index (χ1n) is 4.84. The number of nitrogens with zero attached hydrogens (tertiary/aromatic N) is 1. The molecule has 0 aromatic carbocycles. The molecule has 2 nitrogen and oxygen atoms in total. The first-order chi connectivity index (χ1) is 6.40. The molecule has 0 N–H and O–H groups in total. The summed E-state index contributed by atoms with van der Waals surface area (Å²) in [4.78, 5) is 14.8. The number of carbonyl (C=O) groups excluding carboxylic acids is 1. The summed E-state index contributed by atoms with van der Waals surface area (Å²) in [5.74, 6) is 0. The van der Waals surface area contributed by atoms with Gasteiger partial charge in [0.1, 0.15) is 5.69 Å². The van der Waals surface area contributed by atoms with Gasteiger partial charge in [-0.05, 0) is 37.3 Å². The van der Waals surface area contributed by atoms with E-state index in [0.29, 0.717) is 5.69 Å². The van der Waals surface area contributed by atoms with Crippen molar-refractivity contribution in [3.05, 3.63) is 29.1 Å². The monoisotopic (exact) mass is 175 g/mol. The van der Waals surface area contributed by atoms with Gasteiger partial charge in [-0.2, -0.15) is 0 Å². The zero-order valence-electron chi connectivity index (χ0n) is 7.62. The number of hydrogen-bond acceptors (Lipinski definition) is 2. The lowest BCUT2D eigenvalue weighted by Crippen LogP contribution is -1.98. The third-order valence-corrected chi connectivity index (χ3v) is 2.57. The smallest absolute Gasteiger partial charge is 0.168 e. The fourth-order valence-electron chi connectivity index (χ4n) is 1.84. The Morgan fingerprint density at radius 3 is 2.85 bits per heavy atom. The summed E-state index contributed by atoms with van der Waals surface area (Å²) in [5, 5.41) is 0. The molecule has 0 bridgehead atoms. The maximum Gasteiger partial charge on any atom is 0.168 e. The minimum Gasteiger partial charge on any atom is -0.296 e. The number of rotatable bonds is 1. The molecule has 0 aliphatic heterocycles. The minimum atomic E-state index is 0.570. The Morgan fingerprint density at radius 1 is 1.15 bits per heavy atom. The third-order valence-electron chi connectivity index (χ3n) is 2.57. The van der Waals surface area contributed by atoms with Crippen LogP contribution >= 0.6 is 0 Å². The van der Waals surface area contributed by atoms with E-state index < -0.39 is 0 Å². The van der Waals surface area contributed by atoms with Crippen molar-refractivity contribution in [2.75, 3.05) is 0 Å². The lowest BCUT2D eigenvalue weighted by atomic mass is 10.1. The van der Waals surface area contributed by atoms with Gasteiger partial charge in [0.15, 0.2) is 6.29 Å². The van der Waals surface area contributed by atoms with Gasteiger partial charge in [-0.1, -0.05) is 12.5 Å². The van der Waals surface area contributed by atoms with E-state index in [0.717, 1.165) is 24.8 Å². The van der Waals surface area contributed by atoms with Gasteiger partial charge in [0, 0.05) is 5.69 Å². The highest BCUT2D eigenvalue weighted by Gasteiger charge is 2.09. The first-order valence-corrected chi connectivity index (χ1v) is 4.84. The molecule has 0 saturated carbocycles. The molecule has 1 aliphatic carbocycles. The molecule has 0 radical (unpaired) electrons. The number of pyridine rings is 1. The number of carbonyl (C=O) groups is 1. The average Bonchev–Trinajstić information content (AvgIpc) is 2.41. The van der Waals surface area contributed by atoms with E-state index in [4.69, 9.17) is 0 Å². The molecule has 0 fully saturated rings. The van der Waals surface area contributed by atoms with Crippen LogP contribution in [0, 0.1) is 0 Å². The fraction of sp³-hybridized carbons (Fsp3) is 0.455. The van der Waals surface area contributed by atoms with E-state index in [2.05, 4.69) is 11.1 Å². The van der Waals surface area contributed by atoms with Crippen molar-refractivity contribution in [2.45, 2.75) is 32.1 Å². The lowest BCUT2D eigenvalue weighted by molar-refractivity contribution is 0.111. The second-order valence-electron chi connectivity index (χ2n) is 3.52. The second kappa shape index (κ2) is 3.69. The Kier molecular flexibility index (Phi) is 2.39. The standard InChI is InChI=1S/C11H13NO/c13-8-10-7-6-9-4-2-1-3-5-11(9)12-10/h6-8H,1-5H2. The highest BCUT2D eigenvalue weighted by Crippen LogP contribution is 2.18. The van der Waals surface area contributed by atoms with Crippen LogP contribution in [0.5, 0.6) is 0 Å². The SMILES string of the molecule is O=Cc1ccc2c(n1)CCCCC2. The van der Waals surface area contributed by atoms with Gasteiger partial charge in [0.25, 0.3) is 0 Å². The molecule has 0 saturated heterocycles. The normalized spacial score (nSPS) is 16.0. The molecule has 68 valence electrons. The summed E-state index contributed by atoms with van der Waals surface area (Å²) in [6.45, 7) is 0. The van der Waals surface area contributed by atoms with E-state index in [-0.39, 0.29) is 0 Å². The molecule has 0 spiro atoms. The van der Waals surface area contributed by atoms with Crippen LogP contribution in [-0.4, -0.2) is 11.3 Å². The zero-order valence-corrected chi connectivity index (χ0v) is 7.62. The lowest BCUT2D eigenvalue weighted by Gasteiger charge is -2.03. The Hall–Kier alpha value is -1.18. The van der Waals surface area contributed by atoms with Crippen molar-refractivity contribution in [1.82, 2.24) is 4.98 Å². The summed E-state index contributed by atoms with van der Waals surface area (Å²) >= 11 is 0. The van der Waals surface area contributed by atoms with Crippen LogP contribution in [0.1, 0.15) is 41.0 Å². The number of hydrogen-bond donors (Lipinski definition) is 0. The summed E-state index contributed by atoms with van der Waals surface area (Å²) < 4.78 is 0. The van der Waals surface area contributed by atoms with Crippen LogP contribution in [0.4, 0.5) is 0 Å². The van der Waals surface area contributed by atoms with Gasteiger partial charge in [-0.3, -0.25) is 4.79 Å². The summed E-state index contributed by atoms with van der Waals surface area (Å²) in [6.07, 6.45) is 6.74. The quantitative estimate of drug-likeness (QED) is 0.483. The van der Waals surface area contributed by atoms with Crippen molar-refractivity contribution in [3.8, 4) is 0 Å². The Balaban J connectivity index is 2.37. The predicted molar refractivity (Wildman–Crippen MR) is 50.9 cm³/mol. The van der Waals surface area contributed by atoms with Gasteiger partial charge in [0.2, 0.25) is 0 Å². The number of fused-ring (bicyclic) bond motifs is 1. The fourth-order valence-corrected chi connectivity index (χ4v) is 1.84. The molecule has 1 aromatic rings. The van der Waals surface area contributed by atoms with E-state index in [1.807, 2.05) is 6.07 Å². The Morgan fingerprint density at radius 2 is 2.00 bits per heavy atom. The van der Waals surface area contributed by atoms with Crippen LogP contribution in [0.25, 0.3) is 0 Å². The molecule has 1 heterocycles. The molecule has 13 heavy (non-hydrogen) atoms. The maximum absolute atomic E-state index is 10.5. The average molecular weight is 175 g/mol. The summed E-state index contributed by atoms with van der Waals surface area (Å²) in [6, 6.07) is 3.87.